The van der Waals surface area contributed by atoms with Crippen molar-refractivity contribution in [3.8, 4) is 0 Å². The maximum absolute atomic E-state index is 12.5. The summed E-state index contributed by atoms with van der Waals surface area (Å²) >= 11 is 0. The Morgan fingerprint density at radius 3 is 2.54 bits per heavy atom. The van der Waals surface area contributed by atoms with Crippen LogP contribution in [-0.4, -0.2) is 28.6 Å². The predicted octanol–water partition coefficient (Wildman–Crippen LogP) is 3.13. The highest BCUT2D eigenvalue weighted by Crippen LogP contribution is 2.23. The Morgan fingerprint density at radius 2 is 1.83 bits per heavy atom. The van der Waals surface area contributed by atoms with Gasteiger partial charge in [-0.1, -0.05) is 12.1 Å². The van der Waals surface area contributed by atoms with Gasteiger partial charge in [-0.2, -0.15) is 0 Å². The van der Waals surface area contributed by atoms with Crippen LogP contribution in [0.15, 0.2) is 30.5 Å². The fraction of sp³-hybridized carbons (Fsp3) is 0.316. The number of H-pyrrole nitrogens is 1. The number of carbonyl (C=O) groups excluding carboxylic acids is 3. The number of hydrogen-bond acceptors (Lipinski definition) is 4. The Kier molecular flexibility index (Phi) is 4.34. The molecule has 24 heavy (non-hydrogen) atoms. The van der Waals surface area contributed by atoms with Gasteiger partial charge < -0.3 is 9.72 Å². The lowest BCUT2D eigenvalue weighted by Gasteiger charge is -2.12. The summed E-state index contributed by atoms with van der Waals surface area (Å²) in [6.07, 6.45) is 3.72. The van der Waals surface area contributed by atoms with Gasteiger partial charge in [0.2, 0.25) is 5.78 Å². The van der Waals surface area contributed by atoms with E-state index in [0.29, 0.717) is 11.1 Å². The largest absolute Gasteiger partial charge is 0.450 e. The average Bonchev–Trinajstić information content (AvgIpc) is 3.22. The molecular formula is C19H19NO4. The highest BCUT2D eigenvalue weighted by atomic mass is 16.5. The van der Waals surface area contributed by atoms with Gasteiger partial charge in [0.25, 0.3) is 0 Å². The molecule has 2 aromatic rings. The molecule has 1 atom stereocenters. The fourth-order valence-electron chi connectivity index (χ4n) is 2.95. The molecule has 0 spiro atoms. The molecule has 0 aliphatic heterocycles. The molecule has 3 rings (SSSR count). The Labute approximate surface area is 140 Å². The standard InChI is InChI=1S/C19H19NO4/c1-11(21)16-9-17(20-10-16)19(23)24-12(2)18(22)15-7-6-13-4-3-5-14(13)8-15/h6-10,12,20H,3-5H2,1-2H3/t12-/m1/s1. The number of ether oxygens (including phenoxy) is 1. The van der Waals surface area contributed by atoms with Gasteiger partial charge in [0.05, 0.1) is 0 Å². The van der Waals surface area contributed by atoms with E-state index in [9.17, 15) is 14.4 Å². The third-order valence-corrected chi connectivity index (χ3v) is 4.35. The second-order valence-corrected chi connectivity index (χ2v) is 6.11. The van der Waals surface area contributed by atoms with Crippen molar-refractivity contribution in [1.82, 2.24) is 4.98 Å². The van der Waals surface area contributed by atoms with E-state index in [1.165, 1.54) is 30.3 Å². The zero-order valence-electron chi connectivity index (χ0n) is 13.7. The number of esters is 1. The topological polar surface area (TPSA) is 76.2 Å². The van der Waals surface area contributed by atoms with Gasteiger partial charge in [-0.05, 0) is 56.4 Å². The minimum Gasteiger partial charge on any atom is -0.450 e. The molecule has 1 aromatic carbocycles. The Morgan fingerprint density at radius 1 is 1.08 bits per heavy atom. The van der Waals surface area contributed by atoms with Crippen LogP contribution in [0.1, 0.15) is 62.6 Å². The van der Waals surface area contributed by atoms with E-state index < -0.39 is 12.1 Å². The van der Waals surface area contributed by atoms with Gasteiger partial charge in [0, 0.05) is 17.3 Å². The molecule has 1 N–H and O–H groups in total. The number of ketones is 2. The van der Waals surface area contributed by atoms with E-state index in [4.69, 9.17) is 4.74 Å². The molecule has 0 radical (unpaired) electrons. The third-order valence-electron chi connectivity index (χ3n) is 4.35. The molecule has 1 aliphatic rings. The minimum absolute atomic E-state index is 0.146. The second-order valence-electron chi connectivity index (χ2n) is 6.11. The van der Waals surface area contributed by atoms with Gasteiger partial charge in [-0.25, -0.2) is 4.79 Å². The number of aryl methyl sites for hydroxylation is 2. The summed E-state index contributed by atoms with van der Waals surface area (Å²) in [6.45, 7) is 2.97. The smallest absolute Gasteiger partial charge is 0.355 e. The molecule has 0 unspecified atom stereocenters. The maximum Gasteiger partial charge on any atom is 0.355 e. The van der Waals surface area contributed by atoms with Crippen molar-refractivity contribution in [2.45, 2.75) is 39.2 Å². The molecule has 0 fully saturated rings. The molecule has 1 aliphatic carbocycles. The molecule has 124 valence electrons. The van der Waals surface area contributed by atoms with Crippen molar-refractivity contribution in [2.75, 3.05) is 0 Å². The normalized spacial score (nSPS) is 14.1. The Bertz CT molecular complexity index is 819. The number of Topliss-reactive ketones (excluding diaryl/α,β-unsaturated/α-hetero) is 2. The Balaban J connectivity index is 1.69. The third kappa shape index (κ3) is 3.15. The first-order chi connectivity index (χ1) is 11.5. The van der Waals surface area contributed by atoms with Crippen LogP contribution in [0.25, 0.3) is 0 Å². The number of fused-ring (bicyclic) bond motifs is 1. The van der Waals surface area contributed by atoms with Crippen LogP contribution in [0, 0.1) is 0 Å². The van der Waals surface area contributed by atoms with Crippen molar-refractivity contribution in [2.24, 2.45) is 0 Å². The monoisotopic (exact) mass is 325 g/mol. The molecule has 5 heteroatoms. The number of rotatable bonds is 5. The van der Waals surface area contributed by atoms with Crippen molar-refractivity contribution in [3.63, 3.8) is 0 Å². The molecular weight excluding hydrogens is 306 g/mol. The molecule has 0 saturated carbocycles. The quantitative estimate of drug-likeness (QED) is 0.677. The van der Waals surface area contributed by atoms with E-state index in [0.717, 1.165) is 19.3 Å². The Hall–Kier alpha value is -2.69. The molecule has 0 bridgehead atoms. The summed E-state index contributed by atoms with van der Waals surface area (Å²) in [4.78, 5) is 38.5. The van der Waals surface area contributed by atoms with Crippen LogP contribution in [0.2, 0.25) is 0 Å². The van der Waals surface area contributed by atoms with Crippen LogP contribution in [-0.2, 0) is 17.6 Å². The molecule has 1 heterocycles. The van der Waals surface area contributed by atoms with Gasteiger partial charge in [-0.3, -0.25) is 9.59 Å². The lowest BCUT2D eigenvalue weighted by atomic mass is 10.0. The van der Waals surface area contributed by atoms with Gasteiger partial charge in [-0.15, -0.1) is 0 Å². The number of aromatic amines is 1. The van der Waals surface area contributed by atoms with E-state index >= 15 is 0 Å². The zero-order chi connectivity index (χ0) is 17.3. The highest BCUT2D eigenvalue weighted by Gasteiger charge is 2.23. The molecule has 0 saturated heterocycles. The predicted molar refractivity (Wildman–Crippen MR) is 88.5 cm³/mol. The number of nitrogens with one attached hydrogen (secondary N) is 1. The van der Waals surface area contributed by atoms with Crippen molar-refractivity contribution in [1.29, 1.82) is 0 Å². The highest BCUT2D eigenvalue weighted by molar-refractivity contribution is 6.02. The lowest BCUT2D eigenvalue weighted by molar-refractivity contribution is 0.0314. The summed E-state index contributed by atoms with van der Waals surface area (Å²) in [5.74, 6) is -1.02. The van der Waals surface area contributed by atoms with Crippen LogP contribution < -0.4 is 0 Å². The average molecular weight is 325 g/mol. The van der Waals surface area contributed by atoms with Gasteiger partial charge >= 0.3 is 5.97 Å². The number of aromatic nitrogens is 1. The van der Waals surface area contributed by atoms with Crippen molar-refractivity contribution >= 4 is 17.5 Å². The summed E-state index contributed by atoms with van der Waals surface area (Å²) in [6, 6.07) is 7.10. The zero-order valence-corrected chi connectivity index (χ0v) is 13.7. The first-order valence-electron chi connectivity index (χ1n) is 8.02. The van der Waals surface area contributed by atoms with Crippen LogP contribution in [0.3, 0.4) is 0 Å². The minimum atomic E-state index is -0.888. The summed E-state index contributed by atoms with van der Waals surface area (Å²) in [7, 11) is 0. The van der Waals surface area contributed by atoms with E-state index in [-0.39, 0.29) is 17.3 Å². The molecule has 5 nitrogen and oxygen atoms in total. The first kappa shape index (κ1) is 16.2. The van der Waals surface area contributed by atoms with Crippen LogP contribution >= 0.6 is 0 Å². The van der Waals surface area contributed by atoms with Crippen LogP contribution in [0.5, 0.6) is 0 Å². The van der Waals surface area contributed by atoms with Crippen LogP contribution in [0.4, 0.5) is 0 Å². The first-order valence-corrected chi connectivity index (χ1v) is 8.02. The number of carbonyl (C=O) groups is 3. The van der Waals surface area contributed by atoms with Gasteiger partial charge in [0.15, 0.2) is 11.9 Å². The summed E-state index contributed by atoms with van der Waals surface area (Å²) in [5.41, 5.74) is 3.62. The molecule has 1 aromatic heterocycles. The van der Waals surface area contributed by atoms with E-state index in [1.807, 2.05) is 12.1 Å². The maximum atomic E-state index is 12.5. The fourth-order valence-corrected chi connectivity index (χ4v) is 2.95. The summed E-state index contributed by atoms with van der Waals surface area (Å²) < 4.78 is 5.23. The summed E-state index contributed by atoms with van der Waals surface area (Å²) in [5, 5.41) is 0. The molecule has 0 amide bonds. The van der Waals surface area contributed by atoms with Crippen molar-refractivity contribution < 1.29 is 19.1 Å². The lowest BCUT2D eigenvalue weighted by Crippen LogP contribution is -2.24. The van der Waals surface area contributed by atoms with Gasteiger partial charge in [0.1, 0.15) is 5.69 Å². The second kappa shape index (κ2) is 6.43. The van der Waals surface area contributed by atoms with E-state index in [1.54, 1.807) is 13.0 Å². The SMILES string of the molecule is CC(=O)c1c[nH]c(C(=O)O[C@H](C)C(=O)c2ccc3c(c2)CCC3)c1. The number of hydrogen-bond donors (Lipinski definition) is 1. The van der Waals surface area contributed by atoms with Crippen molar-refractivity contribution in [3.05, 3.63) is 58.4 Å². The van der Waals surface area contributed by atoms with E-state index in [2.05, 4.69) is 4.98 Å². The number of benzene rings is 1.